The Balaban J connectivity index is 1.89. The standard InChI is InChI=1S/C23H27N3O5/c1-25(23(28)15-29-2)14-22(27)26-21(16-8-10-18(30-3)11-9-16)13-20(24-26)17-6-5-7-19(12-17)31-4/h5-12,21H,13-15H2,1-4H3/t21-/m1/s1. The molecule has 0 radical (unpaired) electrons. The average molecular weight is 425 g/mol. The molecule has 8 heteroatoms. The van der Waals surface area contributed by atoms with Gasteiger partial charge >= 0.3 is 0 Å². The number of ether oxygens (including phenoxy) is 3. The van der Waals surface area contributed by atoms with Crippen molar-refractivity contribution in [1.29, 1.82) is 0 Å². The van der Waals surface area contributed by atoms with Gasteiger partial charge < -0.3 is 19.1 Å². The third-order valence-electron chi connectivity index (χ3n) is 5.14. The number of carbonyl (C=O) groups is 2. The Kier molecular flexibility index (Phi) is 7.25. The molecule has 0 unspecified atom stereocenters. The fourth-order valence-electron chi connectivity index (χ4n) is 3.40. The van der Waals surface area contributed by atoms with E-state index in [4.69, 9.17) is 14.2 Å². The van der Waals surface area contributed by atoms with Crippen molar-refractivity contribution in [3.05, 3.63) is 59.7 Å². The molecule has 2 aromatic carbocycles. The first-order valence-corrected chi connectivity index (χ1v) is 9.87. The second-order valence-electron chi connectivity index (χ2n) is 7.19. The fraction of sp³-hybridized carbons (Fsp3) is 0.348. The van der Waals surface area contributed by atoms with Crippen molar-refractivity contribution >= 4 is 17.5 Å². The summed E-state index contributed by atoms with van der Waals surface area (Å²) in [6, 6.07) is 14.9. The number of benzene rings is 2. The highest BCUT2D eigenvalue weighted by molar-refractivity contribution is 6.03. The summed E-state index contributed by atoms with van der Waals surface area (Å²) in [5.74, 6) is 0.910. The van der Waals surface area contributed by atoms with Crippen molar-refractivity contribution in [2.24, 2.45) is 5.10 Å². The van der Waals surface area contributed by atoms with Gasteiger partial charge in [0.1, 0.15) is 24.7 Å². The summed E-state index contributed by atoms with van der Waals surface area (Å²) in [4.78, 5) is 26.5. The average Bonchev–Trinajstić information content (AvgIpc) is 3.25. The van der Waals surface area contributed by atoms with Crippen LogP contribution in [0.1, 0.15) is 23.6 Å². The van der Waals surface area contributed by atoms with E-state index >= 15 is 0 Å². The minimum absolute atomic E-state index is 0.0793. The summed E-state index contributed by atoms with van der Waals surface area (Å²) in [6.07, 6.45) is 0.543. The third-order valence-corrected chi connectivity index (χ3v) is 5.14. The quantitative estimate of drug-likeness (QED) is 0.649. The van der Waals surface area contributed by atoms with Gasteiger partial charge in [-0.15, -0.1) is 0 Å². The van der Waals surface area contributed by atoms with Gasteiger partial charge in [0.2, 0.25) is 5.91 Å². The summed E-state index contributed by atoms with van der Waals surface area (Å²) >= 11 is 0. The Morgan fingerprint density at radius 2 is 1.77 bits per heavy atom. The van der Waals surface area contributed by atoms with Gasteiger partial charge in [0.25, 0.3) is 5.91 Å². The topological polar surface area (TPSA) is 80.7 Å². The van der Waals surface area contributed by atoms with Crippen LogP contribution in [0.15, 0.2) is 53.6 Å². The SMILES string of the molecule is COCC(=O)N(C)CC(=O)N1N=C(c2cccc(OC)c2)C[C@@H]1c1ccc(OC)cc1. The van der Waals surface area contributed by atoms with Gasteiger partial charge in [-0.25, -0.2) is 5.01 Å². The Hall–Kier alpha value is -3.39. The Morgan fingerprint density at radius 3 is 2.42 bits per heavy atom. The lowest BCUT2D eigenvalue weighted by Crippen LogP contribution is -2.40. The number of amides is 2. The van der Waals surface area contributed by atoms with Gasteiger partial charge in [-0.3, -0.25) is 9.59 Å². The van der Waals surface area contributed by atoms with Gasteiger partial charge in [0, 0.05) is 26.1 Å². The van der Waals surface area contributed by atoms with Gasteiger partial charge in [-0.2, -0.15) is 5.10 Å². The summed E-state index contributed by atoms with van der Waals surface area (Å²) < 4.78 is 15.4. The molecule has 2 aromatic rings. The van der Waals surface area contributed by atoms with Crippen LogP contribution in [-0.4, -0.2) is 69.0 Å². The van der Waals surface area contributed by atoms with Crippen molar-refractivity contribution in [2.45, 2.75) is 12.5 Å². The summed E-state index contributed by atoms with van der Waals surface area (Å²) in [6.45, 7) is -0.173. The molecule has 1 aliphatic heterocycles. The highest BCUT2D eigenvalue weighted by atomic mass is 16.5. The number of methoxy groups -OCH3 is 3. The highest BCUT2D eigenvalue weighted by Crippen LogP contribution is 2.34. The van der Waals surface area contributed by atoms with Crippen LogP contribution in [0, 0.1) is 0 Å². The normalized spacial score (nSPS) is 15.4. The first-order chi connectivity index (χ1) is 15.0. The molecular weight excluding hydrogens is 398 g/mol. The fourth-order valence-corrected chi connectivity index (χ4v) is 3.40. The highest BCUT2D eigenvalue weighted by Gasteiger charge is 2.34. The zero-order valence-corrected chi connectivity index (χ0v) is 18.2. The predicted molar refractivity (Wildman–Crippen MR) is 116 cm³/mol. The van der Waals surface area contributed by atoms with Gasteiger partial charge in [0.15, 0.2) is 0 Å². The number of nitrogens with zero attached hydrogens (tertiary/aromatic N) is 3. The first kappa shape index (κ1) is 22.3. The van der Waals surface area contributed by atoms with Crippen LogP contribution in [-0.2, 0) is 14.3 Å². The van der Waals surface area contributed by atoms with E-state index in [0.717, 1.165) is 28.3 Å². The lowest BCUT2D eigenvalue weighted by atomic mass is 9.98. The third kappa shape index (κ3) is 5.21. The van der Waals surface area contributed by atoms with Gasteiger partial charge in [-0.1, -0.05) is 24.3 Å². The van der Waals surface area contributed by atoms with E-state index in [2.05, 4.69) is 5.10 Å². The monoisotopic (exact) mass is 425 g/mol. The van der Waals surface area contributed by atoms with E-state index in [-0.39, 0.29) is 31.0 Å². The number of hydrazone groups is 1. The first-order valence-electron chi connectivity index (χ1n) is 9.87. The van der Waals surface area contributed by atoms with E-state index in [0.29, 0.717) is 6.42 Å². The van der Waals surface area contributed by atoms with E-state index in [1.54, 1.807) is 21.3 Å². The van der Waals surface area contributed by atoms with E-state index < -0.39 is 0 Å². The maximum Gasteiger partial charge on any atom is 0.262 e. The predicted octanol–water partition coefficient (Wildman–Crippen LogP) is 2.49. The molecule has 0 bridgehead atoms. The summed E-state index contributed by atoms with van der Waals surface area (Å²) in [7, 11) is 6.23. The van der Waals surface area contributed by atoms with Crippen molar-refractivity contribution in [1.82, 2.24) is 9.91 Å². The molecule has 0 aliphatic carbocycles. The number of likely N-dealkylation sites (N-methyl/N-ethyl adjacent to an activating group) is 1. The minimum Gasteiger partial charge on any atom is -0.497 e. The molecule has 0 saturated heterocycles. The molecule has 0 spiro atoms. The molecule has 1 heterocycles. The molecule has 8 nitrogen and oxygen atoms in total. The van der Waals surface area contributed by atoms with Crippen LogP contribution < -0.4 is 9.47 Å². The molecule has 0 saturated carbocycles. The molecule has 0 N–H and O–H groups in total. The van der Waals surface area contributed by atoms with E-state index in [1.165, 1.54) is 17.0 Å². The van der Waals surface area contributed by atoms with Crippen LogP contribution in [0.3, 0.4) is 0 Å². The molecule has 1 aliphatic rings. The minimum atomic E-state index is -0.287. The van der Waals surface area contributed by atoms with Crippen molar-refractivity contribution in [2.75, 3.05) is 41.5 Å². The molecule has 0 aromatic heterocycles. The zero-order valence-electron chi connectivity index (χ0n) is 18.2. The van der Waals surface area contributed by atoms with Crippen LogP contribution in [0.2, 0.25) is 0 Å². The van der Waals surface area contributed by atoms with Crippen molar-refractivity contribution in [3.8, 4) is 11.5 Å². The number of hydrogen-bond acceptors (Lipinski definition) is 6. The lowest BCUT2D eigenvalue weighted by molar-refractivity contribution is -0.142. The maximum absolute atomic E-state index is 13.1. The van der Waals surface area contributed by atoms with Gasteiger partial charge in [0.05, 0.1) is 26.0 Å². The molecule has 31 heavy (non-hydrogen) atoms. The van der Waals surface area contributed by atoms with E-state index in [1.807, 2.05) is 48.5 Å². The van der Waals surface area contributed by atoms with Crippen LogP contribution in [0.4, 0.5) is 0 Å². The number of carbonyl (C=O) groups excluding carboxylic acids is 2. The van der Waals surface area contributed by atoms with Crippen molar-refractivity contribution < 1.29 is 23.8 Å². The Morgan fingerprint density at radius 1 is 1.06 bits per heavy atom. The maximum atomic E-state index is 13.1. The molecule has 3 rings (SSSR count). The lowest BCUT2D eigenvalue weighted by Gasteiger charge is -2.25. The molecule has 1 atom stereocenters. The molecule has 164 valence electrons. The van der Waals surface area contributed by atoms with E-state index in [9.17, 15) is 9.59 Å². The summed E-state index contributed by atoms with van der Waals surface area (Å²) in [5, 5.41) is 6.10. The molecule has 0 fully saturated rings. The smallest absolute Gasteiger partial charge is 0.262 e. The Bertz CT molecular complexity index is 958. The second kappa shape index (κ2) is 10.1. The van der Waals surface area contributed by atoms with Gasteiger partial charge in [-0.05, 0) is 29.8 Å². The summed E-state index contributed by atoms with van der Waals surface area (Å²) in [5.41, 5.74) is 2.59. The molecule has 2 amide bonds. The Labute approximate surface area is 182 Å². The second-order valence-corrected chi connectivity index (χ2v) is 7.19. The van der Waals surface area contributed by atoms with Crippen molar-refractivity contribution in [3.63, 3.8) is 0 Å². The van der Waals surface area contributed by atoms with Crippen LogP contribution in [0.5, 0.6) is 11.5 Å². The van der Waals surface area contributed by atoms with Crippen LogP contribution in [0.25, 0.3) is 0 Å². The van der Waals surface area contributed by atoms with Crippen LogP contribution >= 0.6 is 0 Å². The largest absolute Gasteiger partial charge is 0.497 e. The number of hydrogen-bond donors (Lipinski definition) is 0. The zero-order chi connectivity index (χ0) is 22.4. The number of rotatable bonds is 8. The molecular formula is C23H27N3O5.